The molecule has 3 rings (SSSR count). The predicted octanol–water partition coefficient (Wildman–Crippen LogP) is 4.12. The average molecular weight is 384 g/mol. The third-order valence-corrected chi connectivity index (χ3v) is 5.00. The highest BCUT2D eigenvalue weighted by molar-refractivity contribution is 8.18. The van der Waals surface area contributed by atoms with Crippen LogP contribution in [0.25, 0.3) is 6.08 Å². The number of carbonyl (C=O) groups is 3. The highest BCUT2D eigenvalue weighted by Gasteiger charge is 2.36. The van der Waals surface area contributed by atoms with Gasteiger partial charge in [-0.3, -0.25) is 19.3 Å². The Kier molecular flexibility index (Phi) is 5.41. The average Bonchev–Trinajstić information content (AvgIpc) is 2.88. The number of rotatable bonds is 4. The molecule has 1 N–H and O–H groups in total. The van der Waals surface area contributed by atoms with Gasteiger partial charge >= 0.3 is 0 Å². The molecule has 0 unspecified atom stereocenters. The molecule has 7 heteroatoms. The van der Waals surface area contributed by atoms with Crippen molar-refractivity contribution in [1.82, 2.24) is 4.90 Å². The minimum atomic E-state index is -0.536. The van der Waals surface area contributed by atoms with E-state index in [-0.39, 0.29) is 17.3 Å². The van der Waals surface area contributed by atoms with Crippen LogP contribution in [0.15, 0.2) is 47.4 Å². The van der Waals surface area contributed by atoms with Gasteiger partial charge < -0.3 is 5.32 Å². The van der Waals surface area contributed by atoms with Crippen LogP contribution in [0.4, 0.5) is 14.9 Å². The number of amides is 3. The van der Waals surface area contributed by atoms with Gasteiger partial charge in [-0.1, -0.05) is 30.3 Å². The molecule has 2 aromatic rings. The van der Waals surface area contributed by atoms with E-state index in [0.717, 1.165) is 27.8 Å². The van der Waals surface area contributed by atoms with E-state index in [0.29, 0.717) is 11.3 Å². The van der Waals surface area contributed by atoms with Gasteiger partial charge in [0.1, 0.15) is 12.4 Å². The van der Waals surface area contributed by atoms with E-state index in [1.807, 2.05) is 32.0 Å². The first kappa shape index (κ1) is 18.8. The largest absolute Gasteiger partial charge is 0.324 e. The SMILES string of the molecule is Cc1cccc(C)c1NC(=O)CN1C(=O)S/C(=C/c2ccc(F)cc2)C1=O. The van der Waals surface area contributed by atoms with Gasteiger partial charge in [0, 0.05) is 5.69 Å². The van der Waals surface area contributed by atoms with Crippen LogP contribution in [0.1, 0.15) is 16.7 Å². The van der Waals surface area contributed by atoms with Crippen LogP contribution in [0.3, 0.4) is 0 Å². The molecule has 0 radical (unpaired) electrons. The van der Waals surface area contributed by atoms with Gasteiger partial charge in [0.05, 0.1) is 4.91 Å². The molecule has 1 heterocycles. The zero-order chi connectivity index (χ0) is 19.6. The molecule has 1 aliphatic heterocycles. The molecule has 138 valence electrons. The summed E-state index contributed by atoms with van der Waals surface area (Å²) in [4.78, 5) is 38.1. The summed E-state index contributed by atoms with van der Waals surface area (Å²) < 4.78 is 13.0. The molecule has 1 saturated heterocycles. The maximum absolute atomic E-state index is 13.0. The molecule has 1 aliphatic rings. The molecule has 1 fully saturated rings. The van der Waals surface area contributed by atoms with Crippen molar-refractivity contribution in [3.8, 4) is 0 Å². The fraction of sp³-hybridized carbons (Fsp3) is 0.150. The number of hydrogen-bond acceptors (Lipinski definition) is 4. The van der Waals surface area contributed by atoms with Crippen LogP contribution in [-0.2, 0) is 9.59 Å². The lowest BCUT2D eigenvalue weighted by molar-refractivity contribution is -0.127. The van der Waals surface area contributed by atoms with Gasteiger partial charge in [-0.15, -0.1) is 0 Å². The molecule has 0 aromatic heterocycles. The van der Waals surface area contributed by atoms with Crippen LogP contribution < -0.4 is 5.32 Å². The van der Waals surface area contributed by atoms with E-state index in [9.17, 15) is 18.8 Å². The Balaban J connectivity index is 1.72. The van der Waals surface area contributed by atoms with Crippen LogP contribution in [-0.4, -0.2) is 28.5 Å². The van der Waals surface area contributed by atoms with Crippen molar-refractivity contribution in [3.63, 3.8) is 0 Å². The summed E-state index contributed by atoms with van der Waals surface area (Å²) >= 11 is 0.760. The summed E-state index contributed by atoms with van der Waals surface area (Å²) in [6.45, 7) is 3.38. The summed E-state index contributed by atoms with van der Waals surface area (Å²) in [7, 11) is 0. The molecule has 0 bridgehead atoms. The number of benzene rings is 2. The molecule has 0 aliphatic carbocycles. The third-order valence-electron chi connectivity index (χ3n) is 4.09. The zero-order valence-electron chi connectivity index (χ0n) is 14.8. The molecule has 0 atom stereocenters. The van der Waals surface area contributed by atoms with E-state index >= 15 is 0 Å². The fourth-order valence-electron chi connectivity index (χ4n) is 2.68. The lowest BCUT2D eigenvalue weighted by Crippen LogP contribution is -2.36. The van der Waals surface area contributed by atoms with E-state index in [2.05, 4.69) is 5.32 Å². The topological polar surface area (TPSA) is 66.5 Å². The summed E-state index contributed by atoms with van der Waals surface area (Å²) in [6.07, 6.45) is 1.51. The Bertz CT molecular complexity index is 934. The number of para-hydroxylation sites is 1. The Morgan fingerprint density at radius 3 is 2.37 bits per heavy atom. The van der Waals surface area contributed by atoms with E-state index in [1.165, 1.54) is 30.3 Å². The number of imide groups is 1. The van der Waals surface area contributed by atoms with Gasteiger partial charge in [-0.05, 0) is 60.5 Å². The summed E-state index contributed by atoms with van der Waals surface area (Å²) in [5.41, 5.74) is 3.07. The molecule has 0 saturated carbocycles. The predicted molar refractivity (Wildman–Crippen MR) is 104 cm³/mol. The molecular formula is C20H17FN2O3S. The number of carbonyl (C=O) groups excluding carboxylic acids is 3. The minimum Gasteiger partial charge on any atom is -0.324 e. The van der Waals surface area contributed by atoms with Crippen LogP contribution in [0.2, 0.25) is 0 Å². The smallest absolute Gasteiger partial charge is 0.294 e. The Labute approximate surface area is 160 Å². The highest BCUT2D eigenvalue weighted by atomic mass is 32.2. The van der Waals surface area contributed by atoms with Crippen LogP contribution in [0.5, 0.6) is 0 Å². The van der Waals surface area contributed by atoms with Gasteiger partial charge in [0.2, 0.25) is 5.91 Å². The lowest BCUT2D eigenvalue weighted by Gasteiger charge is -2.15. The summed E-state index contributed by atoms with van der Waals surface area (Å²) in [5.74, 6) is -1.37. The third kappa shape index (κ3) is 4.25. The summed E-state index contributed by atoms with van der Waals surface area (Å²) in [6, 6.07) is 11.2. The number of aryl methyl sites for hydroxylation is 2. The maximum Gasteiger partial charge on any atom is 0.294 e. The highest BCUT2D eigenvalue weighted by Crippen LogP contribution is 2.32. The van der Waals surface area contributed by atoms with Gasteiger partial charge in [-0.2, -0.15) is 0 Å². The molecule has 2 aromatic carbocycles. The Morgan fingerprint density at radius 2 is 1.74 bits per heavy atom. The van der Waals surface area contributed by atoms with E-state index in [1.54, 1.807) is 0 Å². The van der Waals surface area contributed by atoms with E-state index in [4.69, 9.17) is 0 Å². The minimum absolute atomic E-state index is 0.200. The van der Waals surface area contributed by atoms with Crippen molar-refractivity contribution < 1.29 is 18.8 Å². The monoisotopic (exact) mass is 384 g/mol. The Morgan fingerprint density at radius 1 is 1.11 bits per heavy atom. The lowest BCUT2D eigenvalue weighted by atomic mass is 10.1. The molecule has 3 amide bonds. The number of thioether (sulfide) groups is 1. The number of hydrogen-bond donors (Lipinski definition) is 1. The zero-order valence-corrected chi connectivity index (χ0v) is 15.6. The molecule has 27 heavy (non-hydrogen) atoms. The molecule has 0 spiro atoms. The van der Waals surface area contributed by atoms with Crippen molar-refractivity contribution in [2.24, 2.45) is 0 Å². The first-order chi connectivity index (χ1) is 12.8. The maximum atomic E-state index is 13.0. The second-order valence-corrected chi connectivity index (χ2v) is 7.13. The number of anilines is 1. The van der Waals surface area contributed by atoms with E-state index < -0.39 is 17.1 Å². The second kappa shape index (κ2) is 7.75. The van der Waals surface area contributed by atoms with Crippen molar-refractivity contribution in [1.29, 1.82) is 0 Å². The molecular weight excluding hydrogens is 367 g/mol. The van der Waals surface area contributed by atoms with Crippen molar-refractivity contribution in [3.05, 3.63) is 69.9 Å². The van der Waals surface area contributed by atoms with Crippen molar-refractivity contribution in [2.75, 3.05) is 11.9 Å². The van der Waals surface area contributed by atoms with Crippen LogP contribution >= 0.6 is 11.8 Å². The Hall–Kier alpha value is -2.93. The standard InChI is InChI=1S/C20H17FN2O3S/c1-12-4-3-5-13(2)18(12)22-17(24)11-23-19(25)16(27-20(23)26)10-14-6-8-15(21)9-7-14/h3-10H,11H2,1-2H3,(H,22,24)/b16-10+. The van der Waals surface area contributed by atoms with Crippen LogP contribution in [0, 0.1) is 19.7 Å². The summed E-state index contributed by atoms with van der Waals surface area (Å²) in [5, 5.41) is 2.25. The van der Waals surface area contributed by atoms with Crippen molar-refractivity contribution in [2.45, 2.75) is 13.8 Å². The van der Waals surface area contributed by atoms with Gasteiger partial charge in [0.15, 0.2) is 0 Å². The number of halogens is 1. The second-order valence-electron chi connectivity index (χ2n) is 6.13. The fourth-order valence-corrected chi connectivity index (χ4v) is 3.52. The van der Waals surface area contributed by atoms with Gasteiger partial charge in [0.25, 0.3) is 11.1 Å². The normalized spacial score (nSPS) is 15.5. The first-order valence-corrected chi connectivity index (χ1v) is 9.04. The van der Waals surface area contributed by atoms with Crippen molar-refractivity contribution >= 4 is 40.6 Å². The quantitative estimate of drug-likeness (QED) is 0.806. The molecule has 5 nitrogen and oxygen atoms in total. The number of nitrogens with one attached hydrogen (secondary N) is 1. The van der Waals surface area contributed by atoms with Gasteiger partial charge in [-0.25, -0.2) is 4.39 Å². The first-order valence-electron chi connectivity index (χ1n) is 8.22. The number of nitrogens with zero attached hydrogens (tertiary/aromatic N) is 1.